The van der Waals surface area contributed by atoms with Gasteiger partial charge < -0.3 is 15.3 Å². The van der Waals surface area contributed by atoms with Crippen molar-refractivity contribution < 1.29 is 20.1 Å². The van der Waals surface area contributed by atoms with E-state index in [1.165, 1.54) is 5.57 Å². The van der Waals surface area contributed by atoms with Gasteiger partial charge in [0.15, 0.2) is 5.78 Å². The highest BCUT2D eigenvalue weighted by atomic mass is 16.3. The Kier molecular flexibility index (Phi) is 6.33. The fourth-order valence-corrected chi connectivity index (χ4v) is 8.61. The molecule has 0 aromatic heterocycles. The maximum Gasteiger partial charge on any atom is 0.160 e. The van der Waals surface area contributed by atoms with Crippen LogP contribution in [0, 0.1) is 40.4 Å². The van der Waals surface area contributed by atoms with Gasteiger partial charge >= 0.3 is 0 Å². The highest BCUT2D eigenvalue weighted by Crippen LogP contribution is 2.66. The van der Waals surface area contributed by atoms with Crippen LogP contribution < -0.4 is 0 Å². The summed E-state index contributed by atoms with van der Waals surface area (Å²) in [4.78, 5) is 13.9. The van der Waals surface area contributed by atoms with Crippen LogP contribution in [0.2, 0.25) is 0 Å². The minimum atomic E-state index is -1.29. The van der Waals surface area contributed by atoms with Crippen LogP contribution in [0.4, 0.5) is 0 Å². The first kappa shape index (κ1) is 25.1. The van der Waals surface area contributed by atoms with Crippen molar-refractivity contribution >= 4 is 5.78 Å². The molecule has 0 aromatic rings. The van der Waals surface area contributed by atoms with Crippen LogP contribution in [-0.4, -0.2) is 38.9 Å². The summed E-state index contributed by atoms with van der Waals surface area (Å²) in [7, 11) is 0. The predicted octanol–water partition coefficient (Wildman–Crippen LogP) is 5.21. The SMILES string of the molecule is C=C(CC[C@@H](C)[C@H]1CC[C@H]2C3=C(C(=O)C[C@]12C)[C@@]1(C)CCC(O)[C@](C)(O)C1CC3O)C(C)C. The van der Waals surface area contributed by atoms with Crippen LogP contribution in [0.5, 0.6) is 0 Å². The van der Waals surface area contributed by atoms with Crippen LogP contribution in [0.3, 0.4) is 0 Å². The molecule has 0 radical (unpaired) electrons. The lowest BCUT2D eigenvalue weighted by Gasteiger charge is -2.59. The number of carbonyl (C=O) groups is 1. The highest BCUT2D eigenvalue weighted by Gasteiger charge is 2.63. The molecule has 4 rings (SSSR count). The average molecular weight is 459 g/mol. The number of aliphatic hydroxyl groups excluding tert-OH is 2. The molecular formula is C29H46O4. The molecular weight excluding hydrogens is 412 g/mol. The van der Waals surface area contributed by atoms with Crippen molar-refractivity contribution in [2.75, 3.05) is 0 Å². The third kappa shape index (κ3) is 3.70. The molecule has 4 aliphatic carbocycles. The molecule has 2 saturated carbocycles. The highest BCUT2D eigenvalue weighted by molar-refractivity contribution is 5.99. The van der Waals surface area contributed by atoms with E-state index < -0.39 is 23.2 Å². The van der Waals surface area contributed by atoms with Gasteiger partial charge in [-0.05, 0) is 86.5 Å². The maximum atomic E-state index is 13.9. The van der Waals surface area contributed by atoms with Crippen LogP contribution >= 0.6 is 0 Å². The van der Waals surface area contributed by atoms with Crippen molar-refractivity contribution in [3.63, 3.8) is 0 Å². The zero-order valence-electron chi connectivity index (χ0n) is 21.7. The third-order valence-electron chi connectivity index (χ3n) is 10.8. The molecule has 9 atom stereocenters. The second-order valence-electron chi connectivity index (χ2n) is 13.0. The van der Waals surface area contributed by atoms with Crippen LogP contribution in [0.15, 0.2) is 23.3 Å². The molecule has 0 spiro atoms. The van der Waals surface area contributed by atoms with Crippen molar-refractivity contribution in [1.82, 2.24) is 0 Å². The molecule has 0 aromatic carbocycles. The molecule has 4 heteroatoms. The zero-order valence-corrected chi connectivity index (χ0v) is 21.7. The maximum absolute atomic E-state index is 13.9. The van der Waals surface area contributed by atoms with E-state index in [0.29, 0.717) is 43.4 Å². The Morgan fingerprint density at radius 3 is 2.42 bits per heavy atom. The van der Waals surface area contributed by atoms with Crippen molar-refractivity contribution in [2.24, 2.45) is 40.4 Å². The molecule has 33 heavy (non-hydrogen) atoms. The number of carbonyl (C=O) groups excluding carboxylic acids is 1. The number of allylic oxidation sites excluding steroid dienone is 2. The lowest BCUT2D eigenvalue weighted by Crippen LogP contribution is -2.61. The Morgan fingerprint density at radius 2 is 1.79 bits per heavy atom. The summed E-state index contributed by atoms with van der Waals surface area (Å²) in [5.41, 5.74) is 1.21. The topological polar surface area (TPSA) is 77.8 Å². The van der Waals surface area contributed by atoms with E-state index in [-0.39, 0.29) is 23.0 Å². The lowest BCUT2D eigenvalue weighted by molar-refractivity contribution is -0.174. The average Bonchev–Trinajstić information content (AvgIpc) is 3.07. The minimum absolute atomic E-state index is 0.116. The Balaban J connectivity index is 1.67. The van der Waals surface area contributed by atoms with Crippen molar-refractivity contribution in [2.45, 2.75) is 111 Å². The molecule has 0 saturated heterocycles. The number of hydrogen-bond donors (Lipinski definition) is 3. The Bertz CT molecular complexity index is 854. The van der Waals surface area contributed by atoms with Crippen LogP contribution in [-0.2, 0) is 4.79 Å². The monoisotopic (exact) mass is 458 g/mol. The smallest absolute Gasteiger partial charge is 0.160 e. The van der Waals surface area contributed by atoms with E-state index in [9.17, 15) is 20.1 Å². The number of aliphatic hydroxyl groups is 3. The van der Waals surface area contributed by atoms with Gasteiger partial charge in [-0.2, -0.15) is 0 Å². The van der Waals surface area contributed by atoms with Gasteiger partial charge in [-0.25, -0.2) is 0 Å². The zero-order chi connectivity index (χ0) is 24.5. The van der Waals surface area contributed by atoms with Gasteiger partial charge in [0.25, 0.3) is 0 Å². The normalized spacial score (nSPS) is 46.1. The van der Waals surface area contributed by atoms with E-state index in [0.717, 1.165) is 36.8 Å². The summed E-state index contributed by atoms with van der Waals surface area (Å²) in [6.07, 6.45) is 4.89. The fourth-order valence-electron chi connectivity index (χ4n) is 8.61. The number of ketones is 1. The third-order valence-corrected chi connectivity index (χ3v) is 10.8. The van der Waals surface area contributed by atoms with E-state index in [1.807, 2.05) is 0 Å². The number of hydrogen-bond acceptors (Lipinski definition) is 4. The largest absolute Gasteiger partial charge is 0.390 e. The summed E-state index contributed by atoms with van der Waals surface area (Å²) in [6, 6.07) is 0. The summed E-state index contributed by atoms with van der Waals surface area (Å²) < 4.78 is 0. The molecule has 3 unspecified atom stereocenters. The summed E-state index contributed by atoms with van der Waals surface area (Å²) in [6.45, 7) is 17.1. The lowest BCUT2D eigenvalue weighted by atomic mass is 9.47. The van der Waals surface area contributed by atoms with Gasteiger partial charge in [0, 0.05) is 23.3 Å². The standard InChI is InChI=1S/C29H46O4/c1-16(2)17(3)8-9-18(4)19-10-11-20-25-21(30)14-23-27(5,13-12-24(32)29(23,7)33)26(25)22(31)15-28(19,20)6/h16,18-21,23-24,30,32-33H,3,8-15H2,1-2,4-7H3/t18-,19-,20+,21?,23?,24?,27+,28-,29-/m1/s1. The summed E-state index contributed by atoms with van der Waals surface area (Å²) in [5, 5.41) is 33.1. The van der Waals surface area contributed by atoms with E-state index in [2.05, 4.69) is 41.2 Å². The summed E-state index contributed by atoms with van der Waals surface area (Å²) >= 11 is 0. The Hall–Kier alpha value is -0.970. The molecule has 4 nitrogen and oxygen atoms in total. The van der Waals surface area contributed by atoms with E-state index in [1.54, 1.807) is 6.92 Å². The summed E-state index contributed by atoms with van der Waals surface area (Å²) in [5.74, 6) is 1.58. The molecule has 0 heterocycles. The van der Waals surface area contributed by atoms with Crippen molar-refractivity contribution in [3.8, 4) is 0 Å². The van der Waals surface area contributed by atoms with Gasteiger partial charge in [0.1, 0.15) is 0 Å². The first-order valence-corrected chi connectivity index (χ1v) is 13.3. The van der Waals surface area contributed by atoms with Gasteiger partial charge in [0.05, 0.1) is 17.8 Å². The predicted molar refractivity (Wildman–Crippen MR) is 131 cm³/mol. The molecule has 3 N–H and O–H groups in total. The van der Waals surface area contributed by atoms with Gasteiger partial charge in [-0.3, -0.25) is 4.79 Å². The Morgan fingerprint density at radius 1 is 1.12 bits per heavy atom. The molecule has 2 fully saturated rings. The molecule has 0 bridgehead atoms. The van der Waals surface area contributed by atoms with Crippen LogP contribution in [0.1, 0.15) is 92.9 Å². The first-order valence-electron chi connectivity index (χ1n) is 13.3. The van der Waals surface area contributed by atoms with Crippen molar-refractivity contribution in [3.05, 3.63) is 23.3 Å². The van der Waals surface area contributed by atoms with Crippen molar-refractivity contribution in [1.29, 1.82) is 0 Å². The number of rotatable bonds is 5. The number of Topliss-reactive ketones (excluding diaryl/α,β-unsaturated/α-hetero) is 1. The fraction of sp³-hybridized carbons (Fsp3) is 0.828. The van der Waals surface area contributed by atoms with E-state index >= 15 is 0 Å². The quantitative estimate of drug-likeness (QED) is 0.494. The Labute approximate surface area is 200 Å². The number of fused-ring (bicyclic) bond motifs is 4. The molecule has 4 aliphatic rings. The molecule has 186 valence electrons. The molecule has 0 aliphatic heterocycles. The van der Waals surface area contributed by atoms with Crippen LogP contribution in [0.25, 0.3) is 0 Å². The van der Waals surface area contributed by atoms with Gasteiger partial charge in [-0.1, -0.05) is 46.8 Å². The minimum Gasteiger partial charge on any atom is -0.390 e. The second kappa shape index (κ2) is 8.31. The second-order valence-corrected chi connectivity index (χ2v) is 13.0. The first-order chi connectivity index (χ1) is 15.2. The van der Waals surface area contributed by atoms with E-state index in [4.69, 9.17) is 0 Å². The van der Waals surface area contributed by atoms with Gasteiger partial charge in [-0.15, -0.1) is 0 Å². The molecule has 0 amide bonds. The van der Waals surface area contributed by atoms with Gasteiger partial charge in [0.2, 0.25) is 0 Å².